The highest BCUT2D eigenvalue weighted by Crippen LogP contribution is 2.41. The lowest BCUT2D eigenvalue weighted by molar-refractivity contribution is 0.418. The Labute approximate surface area is 86.8 Å². The molecule has 0 bridgehead atoms. The first-order valence-electron chi connectivity index (χ1n) is 5.44. The van der Waals surface area contributed by atoms with Crippen LogP contribution >= 0.6 is 11.8 Å². The van der Waals surface area contributed by atoms with E-state index in [0.717, 1.165) is 5.92 Å². The molecule has 13 heavy (non-hydrogen) atoms. The van der Waals surface area contributed by atoms with Gasteiger partial charge in [0.25, 0.3) is 0 Å². The predicted octanol–water partition coefficient (Wildman–Crippen LogP) is 3.04. The molecule has 0 aliphatic carbocycles. The maximum absolute atomic E-state index is 6.24. The quantitative estimate of drug-likeness (QED) is 0.756. The zero-order valence-corrected chi connectivity index (χ0v) is 9.99. The molecular formula is C11H23NS. The summed E-state index contributed by atoms with van der Waals surface area (Å²) in [5, 5.41) is 0. The predicted molar refractivity (Wildman–Crippen MR) is 62.1 cm³/mol. The molecular weight excluding hydrogens is 178 g/mol. The van der Waals surface area contributed by atoms with Crippen molar-refractivity contribution < 1.29 is 0 Å². The average Bonchev–Trinajstić information content (AvgIpc) is 2.49. The maximum atomic E-state index is 6.24. The van der Waals surface area contributed by atoms with E-state index in [9.17, 15) is 0 Å². The second-order valence-corrected chi connectivity index (χ2v) is 6.47. The van der Waals surface area contributed by atoms with Crippen molar-refractivity contribution in [3.8, 4) is 0 Å². The standard InChI is InChI=1S/C11H23NS/c1-9(2)5-6-10(12)11(3)7-4-8-13-11/h9-10H,4-8,12H2,1-3H3. The molecule has 0 aromatic carbocycles. The zero-order valence-electron chi connectivity index (χ0n) is 9.18. The summed E-state index contributed by atoms with van der Waals surface area (Å²) in [6, 6.07) is 0.405. The monoisotopic (exact) mass is 201 g/mol. The van der Waals surface area contributed by atoms with Crippen LogP contribution in [-0.2, 0) is 0 Å². The van der Waals surface area contributed by atoms with Crippen molar-refractivity contribution in [2.45, 2.75) is 57.2 Å². The van der Waals surface area contributed by atoms with Crippen LogP contribution < -0.4 is 5.73 Å². The Hall–Kier alpha value is 0.310. The highest BCUT2D eigenvalue weighted by Gasteiger charge is 2.35. The molecule has 0 aromatic heterocycles. The lowest BCUT2D eigenvalue weighted by Gasteiger charge is -2.30. The van der Waals surface area contributed by atoms with Gasteiger partial charge in [0.15, 0.2) is 0 Å². The Morgan fingerprint density at radius 1 is 1.38 bits per heavy atom. The van der Waals surface area contributed by atoms with Crippen LogP contribution in [0.15, 0.2) is 0 Å². The fraction of sp³-hybridized carbons (Fsp3) is 1.00. The first-order valence-corrected chi connectivity index (χ1v) is 6.43. The molecule has 0 spiro atoms. The Morgan fingerprint density at radius 2 is 2.08 bits per heavy atom. The molecule has 2 heteroatoms. The average molecular weight is 201 g/mol. The molecule has 0 amide bonds. The molecule has 2 atom stereocenters. The van der Waals surface area contributed by atoms with Crippen molar-refractivity contribution in [3.05, 3.63) is 0 Å². The van der Waals surface area contributed by atoms with E-state index < -0.39 is 0 Å². The van der Waals surface area contributed by atoms with Gasteiger partial charge in [-0.15, -0.1) is 0 Å². The summed E-state index contributed by atoms with van der Waals surface area (Å²) < 4.78 is 0.384. The van der Waals surface area contributed by atoms with Gasteiger partial charge < -0.3 is 5.73 Å². The Morgan fingerprint density at radius 3 is 2.54 bits per heavy atom. The van der Waals surface area contributed by atoms with Gasteiger partial charge >= 0.3 is 0 Å². The molecule has 1 heterocycles. The van der Waals surface area contributed by atoms with Crippen molar-refractivity contribution in [2.75, 3.05) is 5.75 Å². The molecule has 1 aliphatic rings. The zero-order chi connectivity index (χ0) is 9.90. The number of rotatable bonds is 4. The van der Waals surface area contributed by atoms with Crippen LogP contribution in [0, 0.1) is 5.92 Å². The molecule has 1 aliphatic heterocycles. The van der Waals surface area contributed by atoms with Crippen LogP contribution in [-0.4, -0.2) is 16.5 Å². The highest BCUT2D eigenvalue weighted by atomic mass is 32.2. The van der Waals surface area contributed by atoms with E-state index in [1.165, 1.54) is 31.4 Å². The van der Waals surface area contributed by atoms with Crippen LogP contribution in [0.25, 0.3) is 0 Å². The second kappa shape index (κ2) is 4.70. The van der Waals surface area contributed by atoms with Gasteiger partial charge in [0, 0.05) is 10.8 Å². The fourth-order valence-corrected chi connectivity index (χ4v) is 3.29. The van der Waals surface area contributed by atoms with Crippen LogP contribution in [0.3, 0.4) is 0 Å². The van der Waals surface area contributed by atoms with Gasteiger partial charge in [-0.1, -0.05) is 13.8 Å². The van der Waals surface area contributed by atoms with Gasteiger partial charge in [0.2, 0.25) is 0 Å². The lowest BCUT2D eigenvalue weighted by atomic mass is 9.91. The second-order valence-electron chi connectivity index (χ2n) is 4.84. The molecule has 2 unspecified atom stereocenters. The van der Waals surface area contributed by atoms with Crippen LogP contribution in [0.4, 0.5) is 0 Å². The molecule has 1 rings (SSSR count). The molecule has 2 N–H and O–H groups in total. The van der Waals surface area contributed by atoms with E-state index in [1.54, 1.807) is 0 Å². The summed E-state index contributed by atoms with van der Waals surface area (Å²) in [4.78, 5) is 0. The van der Waals surface area contributed by atoms with E-state index in [-0.39, 0.29) is 0 Å². The van der Waals surface area contributed by atoms with E-state index in [0.29, 0.717) is 10.8 Å². The normalized spacial score (nSPS) is 31.2. The minimum atomic E-state index is 0.384. The molecule has 0 saturated carbocycles. The smallest absolute Gasteiger partial charge is 0.0283 e. The minimum absolute atomic E-state index is 0.384. The van der Waals surface area contributed by atoms with Gasteiger partial charge in [-0.25, -0.2) is 0 Å². The summed E-state index contributed by atoms with van der Waals surface area (Å²) in [5.74, 6) is 2.10. The minimum Gasteiger partial charge on any atom is -0.326 e. The van der Waals surface area contributed by atoms with Gasteiger partial charge in [0.1, 0.15) is 0 Å². The van der Waals surface area contributed by atoms with Gasteiger partial charge in [0.05, 0.1) is 0 Å². The van der Waals surface area contributed by atoms with Crippen LogP contribution in [0.1, 0.15) is 46.5 Å². The van der Waals surface area contributed by atoms with E-state index >= 15 is 0 Å². The van der Waals surface area contributed by atoms with Crippen molar-refractivity contribution in [2.24, 2.45) is 11.7 Å². The van der Waals surface area contributed by atoms with Crippen LogP contribution in [0.2, 0.25) is 0 Å². The molecule has 1 nitrogen and oxygen atoms in total. The van der Waals surface area contributed by atoms with E-state index in [2.05, 4.69) is 32.5 Å². The van der Waals surface area contributed by atoms with Gasteiger partial charge in [-0.2, -0.15) is 11.8 Å². The summed E-state index contributed by atoms with van der Waals surface area (Å²) in [5.41, 5.74) is 6.24. The first kappa shape index (κ1) is 11.4. The first-order chi connectivity index (χ1) is 6.04. The largest absolute Gasteiger partial charge is 0.326 e. The number of hydrogen-bond acceptors (Lipinski definition) is 2. The molecule has 1 saturated heterocycles. The SMILES string of the molecule is CC(C)CCC(N)C1(C)CCCS1. The summed E-state index contributed by atoms with van der Waals surface area (Å²) >= 11 is 2.08. The molecule has 0 aromatic rings. The molecule has 0 radical (unpaired) electrons. The number of nitrogens with two attached hydrogens (primary N) is 1. The summed E-state index contributed by atoms with van der Waals surface area (Å²) in [6.07, 6.45) is 5.14. The Kier molecular flexibility index (Phi) is 4.11. The third-order valence-electron chi connectivity index (χ3n) is 3.09. The Balaban J connectivity index is 2.33. The van der Waals surface area contributed by atoms with E-state index in [1.807, 2.05) is 0 Å². The van der Waals surface area contributed by atoms with Crippen molar-refractivity contribution in [1.29, 1.82) is 0 Å². The number of thioether (sulfide) groups is 1. The summed E-state index contributed by atoms with van der Waals surface area (Å²) in [6.45, 7) is 6.89. The maximum Gasteiger partial charge on any atom is 0.0283 e. The molecule has 1 fully saturated rings. The van der Waals surface area contributed by atoms with Crippen LogP contribution in [0.5, 0.6) is 0 Å². The lowest BCUT2D eigenvalue weighted by Crippen LogP contribution is -2.41. The Bertz CT molecular complexity index is 150. The van der Waals surface area contributed by atoms with Gasteiger partial charge in [-0.05, 0) is 44.3 Å². The third-order valence-corrected chi connectivity index (χ3v) is 4.75. The van der Waals surface area contributed by atoms with Crippen molar-refractivity contribution >= 4 is 11.8 Å². The topological polar surface area (TPSA) is 26.0 Å². The third kappa shape index (κ3) is 3.17. The summed E-state index contributed by atoms with van der Waals surface area (Å²) in [7, 11) is 0. The molecule has 78 valence electrons. The fourth-order valence-electron chi connectivity index (χ4n) is 1.91. The highest BCUT2D eigenvalue weighted by molar-refractivity contribution is 8.00. The number of hydrogen-bond donors (Lipinski definition) is 1. The van der Waals surface area contributed by atoms with E-state index in [4.69, 9.17) is 5.73 Å². The van der Waals surface area contributed by atoms with Gasteiger partial charge in [-0.3, -0.25) is 0 Å². The van der Waals surface area contributed by atoms with Crippen molar-refractivity contribution in [3.63, 3.8) is 0 Å². The van der Waals surface area contributed by atoms with Crippen molar-refractivity contribution in [1.82, 2.24) is 0 Å².